The largest absolute Gasteiger partial charge is 0.493 e. The molecule has 0 spiro atoms. The highest BCUT2D eigenvalue weighted by molar-refractivity contribution is 9.10. The van der Waals surface area contributed by atoms with Gasteiger partial charge < -0.3 is 4.74 Å². The summed E-state index contributed by atoms with van der Waals surface area (Å²) in [5.74, 6) is 1.04. The summed E-state index contributed by atoms with van der Waals surface area (Å²) in [6, 6.07) is 6.71. The summed E-state index contributed by atoms with van der Waals surface area (Å²) in [6.07, 6.45) is 1.53. The first-order valence-electron chi connectivity index (χ1n) is 6.13. The van der Waals surface area contributed by atoms with Crippen LogP contribution in [0.2, 0.25) is 0 Å². The predicted octanol–water partition coefficient (Wildman–Crippen LogP) is 3.12. The van der Waals surface area contributed by atoms with Crippen LogP contribution in [0.1, 0.15) is 24.5 Å². The molecular weight excluding hydrogens is 292 g/mol. The molecule has 0 N–H and O–H groups in total. The first-order valence-corrected chi connectivity index (χ1v) is 6.92. The highest BCUT2D eigenvalue weighted by Gasteiger charge is 2.19. The Balaban J connectivity index is 2.17. The maximum Gasteiger partial charge on any atom is 0.127 e. The molecule has 1 atom stereocenters. The average molecular weight is 309 g/mol. The van der Waals surface area contributed by atoms with Crippen LogP contribution in [0.15, 0.2) is 16.6 Å². The molecule has 1 unspecified atom stereocenters. The Morgan fingerprint density at radius 2 is 2.33 bits per heavy atom. The third-order valence-corrected chi connectivity index (χ3v) is 3.84. The van der Waals surface area contributed by atoms with E-state index in [1.165, 1.54) is 11.1 Å². The second-order valence-electron chi connectivity index (χ2n) is 4.78. The van der Waals surface area contributed by atoms with Gasteiger partial charge in [0.1, 0.15) is 5.75 Å². The zero-order valence-electron chi connectivity index (χ0n) is 10.7. The highest BCUT2D eigenvalue weighted by Crippen LogP contribution is 2.33. The Morgan fingerprint density at radius 3 is 3.06 bits per heavy atom. The summed E-state index contributed by atoms with van der Waals surface area (Å²) in [5.41, 5.74) is 2.48. The first-order chi connectivity index (χ1) is 8.61. The summed E-state index contributed by atoms with van der Waals surface area (Å²) >= 11 is 3.55. The van der Waals surface area contributed by atoms with Crippen molar-refractivity contribution in [3.63, 3.8) is 0 Å². The topological polar surface area (TPSA) is 36.3 Å². The van der Waals surface area contributed by atoms with Crippen LogP contribution in [0.25, 0.3) is 0 Å². The van der Waals surface area contributed by atoms with Crippen molar-refractivity contribution in [2.75, 3.05) is 13.7 Å². The van der Waals surface area contributed by atoms with Gasteiger partial charge in [0.05, 0.1) is 19.1 Å². The standard InChI is InChI=1S/C14H17BrN2O/c1-10(3-5-16)17(2)9-12-8-13(15)7-11-4-6-18-14(11)12/h7-8,10H,3-4,6,9H2,1-2H3. The molecule has 1 aliphatic heterocycles. The Bertz CT molecular complexity index is 481. The number of fused-ring (bicyclic) bond motifs is 1. The van der Waals surface area contributed by atoms with Crippen molar-refractivity contribution in [1.82, 2.24) is 4.90 Å². The Labute approximate surface area is 116 Å². The summed E-state index contributed by atoms with van der Waals surface area (Å²) in [7, 11) is 2.05. The fourth-order valence-corrected chi connectivity index (χ4v) is 2.73. The molecule has 1 aromatic rings. The van der Waals surface area contributed by atoms with Gasteiger partial charge >= 0.3 is 0 Å². The number of benzene rings is 1. The zero-order chi connectivity index (χ0) is 13.1. The van der Waals surface area contributed by atoms with E-state index in [2.05, 4.69) is 46.0 Å². The van der Waals surface area contributed by atoms with Crippen LogP contribution in [-0.4, -0.2) is 24.6 Å². The number of halogens is 1. The molecule has 1 aromatic carbocycles. The van der Waals surface area contributed by atoms with Gasteiger partial charge in [0.25, 0.3) is 0 Å². The van der Waals surface area contributed by atoms with E-state index in [0.29, 0.717) is 6.42 Å². The van der Waals surface area contributed by atoms with E-state index in [0.717, 1.165) is 29.8 Å². The van der Waals surface area contributed by atoms with Gasteiger partial charge in [-0.2, -0.15) is 5.26 Å². The van der Waals surface area contributed by atoms with Gasteiger partial charge in [-0.15, -0.1) is 0 Å². The third-order valence-electron chi connectivity index (χ3n) is 3.38. The molecule has 3 nitrogen and oxygen atoms in total. The van der Waals surface area contributed by atoms with Crippen molar-refractivity contribution < 1.29 is 4.74 Å². The molecule has 4 heteroatoms. The fourth-order valence-electron chi connectivity index (χ4n) is 2.18. The van der Waals surface area contributed by atoms with E-state index < -0.39 is 0 Å². The van der Waals surface area contributed by atoms with Gasteiger partial charge in [-0.25, -0.2) is 0 Å². The molecule has 2 rings (SSSR count). The van der Waals surface area contributed by atoms with Crippen molar-refractivity contribution in [2.24, 2.45) is 0 Å². The lowest BCUT2D eigenvalue weighted by Gasteiger charge is -2.23. The Kier molecular flexibility index (Phi) is 4.26. The molecule has 0 amide bonds. The summed E-state index contributed by atoms with van der Waals surface area (Å²) in [5, 5.41) is 8.74. The highest BCUT2D eigenvalue weighted by atomic mass is 79.9. The molecule has 0 aliphatic carbocycles. The molecule has 96 valence electrons. The van der Waals surface area contributed by atoms with Gasteiger partial charge in [0.2, 0.25) is 0 Å². The quantitative estimate of drug-likeness (QED) is 0.857. The van der Waals surface area contributed by atoms with E-state index in [-0.39, 0.29) is 6.04 Å². The van der Waals surface area contributed by atoms with E-state index in [1.807, 2.05) is 7.05 Å². The summed E-state index contributed by atoms with van der Waals surface area (Å²) in [4.78, 5) is 2.19. The molecule has 1 heterocycles. The second kappa shape index (κ2) is 5.73. The van der Waals surface area contributed by atoms with Gasteiger partial charge in [0.15, 0.2) is 0 Å². The smallest absolute Gasteiger partial charge is 0.127 e. The summed E-state index contributed by atoms with van der Waals surface area (Å²) < 4.78 is 6.81. The molecule has 0 saturated carbocycles. The molecule has 0 radical (unpaired) electrons. The Morgan fingerprint density at radius 1 is 1.56 bits per heavy atom. The molecule has 0 bridgehead atoms. The average Bonchev–Trinajstić information content (AvgIpc) is 2.77. The van der Waals surface area contributed by atoms with Gasteiger partial charge in [-0.05, 0) is 31.7 Å². The number of nitrogens with zero attached hydrogens (tertiary/aromatic N) is 2. The number of nitriles is 1. The molecule has 0 aromatic heterocycles. The lowest BCUT2D eigenvalue weighted by molar-refractivity contribution is 0.247. The third kappa shape index (κ3) is 2.85. The van der Waals surface area contributed by atoms with Gasteiger partial charge in [-0.3, -0.25) is 4.90 Å². The first kappa shape index (κ1) is 13.4. The van der Waals surface area contributed by atoms with Crippen molar-refractivity contribution in [2.45, 2.75) is 32.4 Å². The van der Waals surface area contributed by atoms with Crippen LogP contribution in [0.5, 0.6) is 5.75 Å². The Hall–Kier alpha value is -1.05. The molecule has 0 saturated heterocycles. The van der Waals surface area contributed by atoms with Crippen molar-refractivity contribution in [3.8, 4) is 11.8 Å². The maximum atomic E-state index is 8.74. The molecular formula is C14H17BrN2O. The second-order valence-corrected chi connectivity index (χ2v) is 5.69. The van der Waals surface area contributed by atoms with Crippen LogP contribution >= 0.6 is 15.9 Å². The minimum Gasteiger partial charge on any atom is -0.493 e. The monoisotopic (exact) mass is 308 g/mol. The number of hydrogen-bond acceptors (Lipinski definition) is 3. The lowest BCUT2D eigenvalue weighted by Crippen LogP contribution is -2.28. The van der Waals surface area contributed by atoms with Crippen LogP contribution in [0, 0.1) is 11.3 Å². The van der Waals surface area contributed by atoms with Crippen molar-refractivity contribution in [3.05, 3.63) is 27.7 Å². The van der Waals surface area contributed by atoms with E-state index in [1.54, 1.807) is 0 Å². The minimum absolute atomic E-state index is 0.256. The van der Waals surface area contributed by atoms with Crippen LogP contribution in [0.4, 0.5) is 0 Å². The predicted molar refractivity (Wildman–Crippen MR) is 74.5 cm³/mol. The fraction of sp³-hybridized carbons (Fsp3) is 0.500. The minimum atomic E-state index is 0.256. The SMILES string of the molecule is CC(CC#N)N(C)Cc1cc(Br)cc2c1OCC2. The maximum absolute atomic E-state index is 8.74. The normalized spacial score (nSPS) is 15.1. The van der Waals surface area contributed by atoms with E-state index in [9.17, 15) is 0 Å². The number of ether oxygens (including phenoxy) is 1. The van der Waals surface area contributed by atoms with Crippen LogP contribution in [-0.2, 0) is 13.0 Å². The zero-order valence-corrected chi connectivity index (χ0v) is 12.3. The molecule has 1 aliphatic rings. The van der Waals surface area contributed by atoms with Gasteiger partial charge in [-0.1, -0.05) is 15.9 Å². The van der Waals surface area contributed by atoms with Crippen LogP contribution < -0.4 is 4.74 Å². The van der Waals surface area contributed by atoms with Gasteiger partial charge in [0, 0.05) is 29.0 Å². The number of hydrogen-bond donors (Lipinski definition) is 0. The van der Waals surface area contributed by atoms with Crippen molar-refractivity contribution >= 4 is 15.9 Å². The molecule has 0 fully saturated rings. The van der Waals surface area contributed by atoms with Crippen LogP contribution in [0.3, 0.4) is 0 Å². The number of rotatable bonds is 4. The van der Waals surface area contributed by atoms with E-state index >= 15 is 0 Å². The molecule has 18 heavy (non-hydrogen) atoms. The van der Waals surface area contributed by atoms with E-state index in [4.69, 9.17) is 10.00 Å². The lowest BCUT2D eigenvalue weighted by atomic mass is 10.1. The summed E-state index contributed by atoms with van der Waals surface area (Å²) in [6.45, 7) is 3.66. The van der Waals surface area contributed by atoms with Crippen molar-refractivity contribution in [1.29, 1.82) is 5.26 Å².